The molecule has 3 aromatic rings. The van der Waals surface area contributed by atoms with Gasteiger partial charge in [0.25, 0.3) is 0 Å². The van der Waals surface area contributed by atoms with Crippen LogP contribution in [0.3, 0.4) is 0 Å². The van der Waals surface area contributed by atoms with Crippen LogP contribution in [0.25, 0.3) is 11.3 Å². The lowest BCUT2D eigenvalue weighted by atomic mass is 10.1. The molecular weight excluding hydrogens is 420 g/mol. The minimum Gasteiger partial charge on any atom is -0.496 e. The smallest absolute Gasteiger partial charge is 0.240 e. The summed E-state index contributed by atoms with van der Waals surface area (Å²) in [5, 5.41) is 4.92. The standard InChI is InChI=1S/C22H24N2O4S2/c1-14-5-7-15(8-6-14)17-13-30-22(29)24(17)12-21(25)23-11-16-9-19(27-3)20(28-4)10-18(16)26-2/h5-10,13H,11-12H2,1-4H3,(H,23,25). The topological polar surface area (TPSA) is 61.7 Å². The van der Waals surface area contributed by atoms with Gasteiger partial charge in [-0.25, -0.2) is 0 Å². The van der Waals surface area contributed by atoms with Gasteiger partial charge >= 0.3 is 0 Å². The molecule has 0 unspecified atom stereocenters. The Bertz CT molecular complexity index is 1090. The fourth-order valence-corrected chi connectivity index (χ4v) is 4.13. The van der Waals surface area contributed by atoms with Crippen LogP contribution in [0, 0.1) is 10.9 Å². The maximum absolute atomic E-state index is 12.7. The van der Waals surface area contributed by atoms with Crippen LogP contribution in [0.15, 0.2) is 41.8 Å². The van der Waals surface area contributed by atoms with Crippen LogP contribution >= 0.6 is 23.6 Å². The zero-order chi connectivity index (χ0) is 21.7. The van der Waals surface area contributed by atoms with E-state index in [1.165, 1.54) is 16.9 Å². The molecule has 8 heteroatoms. The SMILES string of the molecule is COc1cc(OC)c(OC)cc1CNC(=O)Cn1c(-c2ccc(C)cc2)csc1=S. The number of hydrogen-bond acceptors (Lipinski definition) is 6. The molecule has 3 rings (SSSR count). The highest BCUT2D eigenvalue weighted by Gasteiger charge is 2.14. The van der Waals surface area contributed by atoms with E-state index in [0.717, 1.165) is 16.8 Å². The van der Waals surface area contributed by atoms with E-state index >= 15 is 0 Å². The molecule has 6 nitrogen and oxygen atoms in total. The van der Waals surface area contributed by atoms with Crippen LogP contribution in [-0.2, 0) is 17.9 Å². The molecule has 30 heavy (non-hydrogen) atoms. The summed E-state index contributed by atoms with van der Waals surface area (Å²) < 4.78 is 18.6. The Labute approximate surface area is 185 Å². The average Bonchev–Trinajstić information content (AvgIpc) is 3.12. The number of nitrogens with zero attached hydrogens (tertiary/aromatic N) is 1. The summed E-state index contributed by atoms with van der Waals surface area (Å²) in [5.41, 5.74) is 3.93. The van der Waals surface area contributed by atoms with Gasteiger partial charge in [-0.1, -0.05) is 29.8 Å². The predicted octanol–water partition coefficient (Wildman–Crippen LogP) is 4.60. The first kappa shape index (κ1) is 21.9. The number of carbonyl (C=O) groups excluding carboxylic acids is 1. The minimum absolute atomic E-state index is 0.140. The summed E-state index contributed by atoms with van der Waals surface area (Å²) in [4.78, 5) is 12.7. The number of ether oxygens (including phenoxy) is 3. The van der Waals surface area contributed by atoms with E-state index in [2.05, 4.69) is 5.32 Å². The number of thiazole rings is 1. The van der Waals surface area contributed by atoms with Gasteiger partial charge < -0.3 is 24.1 Å². The van der Waals surface area contributed by atoms with Crippen LogP contribution in [-0.4, -0.2) is 31.8 Å². The van der Waals surface area contributed by atoms with E-state index < -0.39 is 0 Å². The lowest BCUT2D eigenvalue weighted by Crippen LogP contribution is -2.27. The minimum atomic E-state index is -0.144. The van der Waals surface area contributed by atoms with Crippen LogP contribution in [0.5, 0.6) is 17.2 Å². The fourth-order valence-electron chi connectivity index (χ4n) is 3.05. The summed E-state index contributed by atoms with van der Waals surface area (Å²) in [6.45, 7) is 2.47. The van der Waals surface area contributed by atoms with Gasteiger partial charge in [-0.05, 0) is 30.8 Å². The summed E-state index contributed by atoms with van der Waals surface area (Å²) in [6, 6.07) is 11.7. The van der Waals surface area contributed by atoms with Gasteiger partial charge in [-0.3, -0.25) is 4.79 Å². The first-order valence-electron chi connectivity index (χ1n) is 9.27. The van der Waals surface area contributed by atoms with E-state index in [4.69, 9.17) is 26.4 Å². The van der Waals surface area contributed by atoms with Crippen molar-refractivity contribution in [3.8, 4) is 28.5 Å². The molecule has 1 aromatic heterocycles. The first-order chi connectivity index (χ1) is 14.5. The summed E-state index contributed by atoms with van der Waals surface area (Å²) in [7, 11) is 4.71. The van der Waals surface area contributed by atoms with Crippen LogP contribution in [0.1, 0.15) is 11.1 Å². The zero-order valence-corrected chi connectivity index (χ0v) is 19.0. The number of methoxy groups -OCH3 is 3. The van der Waals surface area contributed by atoms with Crippen molar-refractivity contribution in [3.63, 3.8) is 0 Å². The molecule has 1 amide bonds. The van der Waals surface area contributed by atoms with Crippen molar-refractivity contribution >= 4 is 29.5 Å². The number of rotatable bonds is 8. The van der Waals surface area contributed by atoms with Crippen molar-refractivity contribution in [2.75, 3.05) is 21.3 Å². The van der Waals surface area contributed by atoms with Gasteiger partial charge in [0, 0.05) is 23.6 Å². The van der Waals surface area contributed by atoms with Gasteiger partial charge in [0.1, 0.15) is 12.3 Å². The number of benzene rings is 2. The van der Waals surface area contributed by atoms with Crippen LogP contribution in [0.2, 0.25) is 0 Å². The van der Waals surface area contributed by atoms with Crippen molar-refractivity contribution in [1.29, 1.82) is 0 Å². The molecule has 0 saturated carbocycles. The number of hydrogen-bond donors (Lipinski definition) is 1. The molecule has 158 valence electrons. The largest absolute Gasteiger partial charge is 0.496 e. The van der Waals surface area contributed by atoms with Crippen molar-refractivity contribution in [2.24, 2.45) is 0 Å². The van der Waals surface area contributed by atoms with E-state index in [1.54, 1.807) is 33.5 Å². The lowest BCUT2D eigenvalue weighted by molar-refractivity contribution is -0.121. The molecule has 0 radical (unpaired) electrons. The van der Waals surface area contributed by atoms with Gasteiger partial charge in [0.15, 0.2) is 15.5 Å². The summed E-state index contributed by atoms with van der Waals surface area (Å²) in [5.74, 6) is 1.61. The summed E-state index contributed by atoms with van der Waals surface area (Å²) >= 11 is 6.89. The Morgan fingerprint density at radius 1 is 1.03 bits per heavy atom. The van der Waals surface area contributed by atoms with Gasteiger partial charge in [0.2, 0.25) is 5.91 Å². The van der Waals surface area contributed by atoms with Crippen molar-refractivity contribution in [3.05, 3.63) is 56.9 Å². The zero-order valence-electron chi connectivity index (χ0n) is 17.4. The molecule has 0 spiro atoms. The number of aromatic nitrogens is 1. The number of nitrogens with one attached hydrogen (secondary N) is 1. The highest BCUT2D eigenvalue weighted by Crippen LogP contribution is 2.34. The molecule has 0 bridgehead atoms. The lowest BCUT2D eigenvalue weighted by Gasteiger charge is -2.15. The highest BCUT2D eigenvalue weighted by atomic mass is 32.1. The third-order valence-electron chi connectivity index (χ3n) is 4.69. The molecule has 2 aromatic carbocycles. The van der Waals surface area contributed by atoms with Gasteiger partial charge in [-0.2, -0.15) is 0 Å². The molecule has 1 heterocycles. The molecule has 0 aliphatic rings. The molecule has 0 atom stereocenters. The highest BCUT2D eigenvalue weighted by molar-refractivity contribution is 7.73. The molecule has 0 aliphatic carbocycles. The number of amides is 1. The van der Waals surface area contributed by atoms with Crippen LogP contribution < -0.4 is 19.5 Å². The first-order valence-corrected chi connectivity index (χ1v) is 10.6. The molecule has 1 N–H and O–H groups in total. The van der Waals surface area contributed by atoms with Crippen molar-refractivity contribution < 1.29 is 19.0 Å². The second kappa shape index (κ2) is 9.77. The maximum atomic E-state index is 12.7. The molecule has 0 fully saturated rings. The second-order valence-corrected chi connectivity index (χ2v) is 8.14. The van der Waals surface area contributed by atoms with E-state index in [-0.39, 0.29) is 12.5 Å². The Kier molecular flexibility index (Phi) is 7.12. The second-order valence-electron chi connectivity index (χ2n) is 6.63. The number of aryl methyl sites for hydroxylation is 1. The molecular formula is C22H24N2O4S2. The third-order valence-corrected chi connectivity index (χ3v) is 5.97. The van der Waals surface area contributed by atoms with Gasteiger partial charge in [0.05, 0.1) is 27.0 Å². The van der Waals surface area contributed by atoms with Crippen LogP contribution in [0.4, 0.5) is 0 Å². The molecule has 0 aliphatic heterocycles. The fraction of sp³-hybridized carbons (Fsp3) is 0.273. The van der Waals surface area contributed by atoms with Gasteiger partial charge in [-0.15, -0.1) is 11.3 Å². The monoisotopic (exact) mass is 444 g/mol. The van der Waals surface area contributed by atoms with Crippen molar-refractivity contribution in [1.82, 2.24) is 9.88 Å². The quantitative estimate of drug-likeness (QED) is 0.515. The van der Waals surface area contributed by atoms with E-state index in [1.807, 2.05) is 41.1 Å². The Hall–Kier alpha value is -2.84. The average molecular weight is 445 g/mol. The van der Waals surface area contributed by atoms with E-state index in [0.29, 0.717) is 27.7 Å². The maximum Gasteiger partial charge on any atom is 0.240 e. The number of carbonyl (C=O) groups is 1. The molecule has 0 saturated heterocycles. The predicted molar refractivity (Wildman–Crippen MR) is 121 cm³/mol. The Morgan fingerprint density at radius 2 is 1.67 bits per heavy atom. The Balaban J connectivity index is 1.75. The third kappa shape index (κ3) is 4.83. The summed E-state index contributed by atoms with van der Waals surface area (Å²) in [6.07, 6.45) is 0. The Morgan fingerprint density at radius 3 is 2.30 bits per heavy atom. The van der Waals surface area contributed by atoms with E-state index in [9.17, 15) is 4.79 Å². The normalized spacial score (nSPS) is 10.5. The van der Waals surface area contributed by atoms with Crippen molar-refractivity contribution in [2.45, 2.75) is 20.0 Å².